The smallest absolute Gasteiger partial charge is 0.223 e. The highest BCUT2D eigenvalue weighted by atomic mass is 35.5. The molecule has 5 heteroatoms. The number of aromatic nitrogens is 1. The van der Waals surface area contributed by atoms with Gasteiger partial charge in [0.1, 0.15) is 0 Å². The van der Waals surface area contributed by atoms with E-state index in [4.69, 9.17) is 11.6 Å². The first-order chi connectivity index (χ1) is 11.6. The summed E-state index contributed by atoms with van der Waals surface area (Å²) in [7, 11) is 0. The summed E-state index contributed by atoms with van der Waals surface area (Å²) in [6.07, 6.45) is 5.14. The van der Waals surface area contributed by atoms with Crippen LogP contribution >= 0.6 is 11.6 Å². The second-order valence-electron chi connectivity index (χ2n) is 6.42. The van der Waals surface area contributed by atoms with E-state index in [1.165, 1.54) is 0 Å². The summed E-state index contributed by atoms with van der Waals surface area (Å²) >= 11 is 6.10. The number of nitrogens with one attached hydrogen (secondary N) is 1. The summed E-state index contributed by atoms with van der Waals surface area (Å²) in [5, 5.41) is 14.1. The minimum absolute atomic E-state index is 0.122. The van der Waals surface area contributed by atoms with Crippen LogP contribution in [-0.4, -0.2) is 21.6 Å². The maximum atomic E-state index is 12.5. The molecule has 0 saturated heterocycles. The maximum absolute atomic E-state index is 12.5. The molecule has 1 unspecified atom stereocenters. The molecule has 1 atom stereocenters. The largest absolute Gasteiger partial charge is 0.389 e. The molecule has 1 fully saturated rings. The molecular weight excluding hydrogens is 324 g/mol. The molecule has 0 bridgehead atoms. The Balaban J connectivity index is 1.81. The van der Waals surface area contributed by atoms with Crippen molar-refractivity contribution in [1.82, 2.24) is 10.3 Å². The summed E-state index contributed by atoms with van der Waals surface area (Å²) in [5.41, 5.74) is 0.743. The van der Waals surface area contributed by atoms with Crippen molar-refractivity contribution in [2.45, 2.75) is 43.7 Å². The van der Waals surface area contributed by atoms with E-state index < -0.39 is 5.60 Å². The van der Waals surface area contributed by atoms with E-state index in [1.54, 1.807) is 12.3 Å². The Morgan fingerprint density at radius 2 is 2.04 bits per heavy atom. The Morgan fingerprint density at radius 1 is 1.25 bits per heavy atom. The van der Waals surface area contributed by atoms with Crippen LogP contribution in [0.15, 0.2) is 48.7 Å². The van der Waals surface area contributed by atoms with Gasteiger partial charge in [0.15, 0.2) is 0 Å². The lowest BCUT2D eigenvalue weighted by molar-refractivity contribution is -0.126. The third-order valence-corrected chi connectivity index (χ3v) is 4.73. The van der Waals surface area contributed by atoms with Gasteiger partial charge in [0.05, 0.1) is 23.8 Å². The number of carbonyl (C=O) groups is 1. The number of pyridine rings is 1. The van der Waals surface area contributed by atoms with Crippen molar-refractivity contribution in [2.75, 3.05) is 0 Å². The van der Waals surface area contributed by atoms with Gasteiger partial charge in [0, 0.05) is 11.2 Å². The standard InChI is InChI=1S/C19H21ClN2O2/c20-15-7-5-6-14(12-15)18(16-8-1-4-11-21-16)22-17(23)13-19(24)9-2-3-10-19/h1,4-8,11-12,18,24H,2-3,9-10,13H2,(H,22,23). The van der Waals surface area contributed by atoms with Crippen LogP contribution in [0, 0.1) is 0 Å². The summed E-state index contributed by atoms with van der Waals surface area (Å²) < 4.78 is 0. The molecule has 24 heavy (non-hydrogen) atoms. The highest BCUT2D eigenvalue weighted by molar-refractivity contribution is 6.30. The molecule has 1 saturated carbocycles. The van der Waals surface area contributed by atoms with Gasteiger partial charge in [0.25, 0.3) is 0 Å². The molecule has 0 aliphatic heterocycles. The summed E-state index contributed by atoms with van der Waals surface area (Å²) in [5.74, 6) is -0.171. The number of hydrogen-bond donors (Lipinski definition) is 2. The number of hydrogen-bond acceptors (Lipinski definition) is 3. The molecular formula is C19H21ClN2O2. The van der Waals surface area contributed by atoms with Gasteiger partial charge in [-0.3, -0.25) is 9.78 Å². The van der Waals surface area contributed by atoms with E-state index in [2.05, 4.69) is 10.3 Å². The minimum Gasteiger partial charge on any atom is -0.389 e. The number of carbonyl (C=O) groups excluding carboxylic acids is 1. The summed E-state index contributed by atoms with van der Waals surface area (Å²) in [6, 6.07) is 12.6. The van der Waals surface area contributed by atoms with Crippen molar-refractivity contribution in [3.05, 3.63) is 64.9 Å². The molecule has 2 N–H and O–H groups in total. The lowest BCUT2D eigenvalue weighted by Gasteiger charge is -2.24. The van der Waals surface area contributed by atoms with Crippen molar-refractivity contribution in [2.24, 2.45) is 0 Å². The highest BCUT2D eigenvalue weighted by Gasteiger charge is 2.34. The monoisotopic (exact) mass is 344 g/mol. The molecule has 1 amide bonds. The number of rotatable bonds is 5. The molecule has 1 aromatic carbocycles. The number of benzene rings is 1. The van der Waals surface area contributed by atoms with Crippen LogP contribution in [0.25, 0.3) is 0 Å². The molecule has 0 radical (unpaired) electrons. The quantitative estimate of drug-likeness (QED) is 0.870. The number of halogens is 1. The topological polar surface area (TPSA) is 62.2 Å². The lowest BCUT2D eigenvalue weighted by Crippen LogP contribution is -2.37. The van der Waals surface area contributed by atoms with Gasteiger partial charge in [-0.15, -0.1) is 0 Å². The SMILES string of the molecule is O=C(CC1(O)CCCC1)NC(c1cccc(Cl)c1)c1ccccn1. The molecule has 2 aromatic rings. The second kappa shape index (κ2) is 7.32. The van der Waals surface area contributed by atoms with Crippen molar-refractivity contribution in [3.8, 4) is 0 Å². The maximum Gasteiger partial charge on any atom is 0.223 e. The Kier molecular flexibility index (Phi) is 5.17. The third-order valence-electron chi connectivity index (χ3n) is 4.49. The minimum atomic E-state index is -0.868. The van der Waals surface area contributed by atoms with Crippen LogP contribution < -0.4 is 5.32 Å². The molecule has 1 heterocycles. The molecule has 0 spiro atoms. The molecule has 1 aliphatic carbocycles. The van der Waals surface area contributed by atoms with Gasteiger partial charge < -0.3 is 10.4 Å². The predicted molar refractivity (Wildman–Crippen MR) is 93.7 cm³/mol. The molecule has 3 rings (SSSR count). The molecule has 4 nitrogen and oxygen atoms in total. The van der Waals surface area contributed by atoms with Crippen molar-refractivity contribution in [3.63, 3.8) is 0 Å². The van der Waals surface area contributed by atoms with E-state index in [0.29, 0.717) is 17.9 Å². The van der Waals surface area contributed by atoms with Gasteiger partial charge in [-0.25, -0.2) is 0 Å². The Morgan fingerprint density at radius 3 is 2.71 bits per heavy atom. The van der Waals surface area contributed by atoms with Crippen LogP contribution in [0.3, 0.4) is 0 Å². The van der Waals surface area contributed by atoms with Crippen LogP contribution in [-0.2, 0) is 4.79 Å². The van der Waals surface area contributed by atoms with Crippen LogP contribution in [0.1, 0.15) is 49.4 Å². The number of nitrogens with zero attached hydrogens (tertiary/aromatic N) is 1. The predicted octanol–water partition coefficient (Wildman–Crippen LogP) is 3.64. The van der Waals surface area contributed by atoms with Gasteiger partial charge >= 0.3 is 0 Å². The van der Waals surface area contributed by atoms with E-state index in [-0.39, 0.29) is 18.4 Å². The normalized spacial score (nSPS) is 17.4. The van der Waals surface area contributed by atoms with Gasteiger partial charge in [0.2, 0.25) is 5.91 Å². The second-order valence-corrected chi connectivity index (χ2v) is 6.85. The number of aliphatic hydroxyl groups is 1. The molecule has 1 aliphatic rings. The fourth-order valence-corrected chi connectivity index (χ4v) is 3.48. The first kappa shape index (κ1) is 16.9. The molecule has 126 valence electrons. The van der Waals surface area contributed by atoms with Crippen molar-refractivity contribution in [1.29, 1.82) is 0 Å². The summed E-state index contributed by atoms with van der Waals surface area (Å²) in [6.45, 7) is 0. The first-order valence-electron chi connectivity index (χ1n) is 8.24. The zero-order valence-electron chi connectivity index (χ0n) is 13.4. The average Bonchev–Trinajstić information content (AvgIpc) is 2.99. The average molecular weight is 345 g/mol. The Hall–Kier alpha value is -1.91. The first-order valence-corrected chi connectivity index (χ1v) is 8.62. The third kappa shape index (κ3) is 4.13. The van der Waals surface area contributed by atoms with Gasteiger partial charge in [-0.05, 0) is 42.7 Å². The molecule has 1 aromatic heterocycles. The highest BCUT2D eigenvalue weighted by Crippen LogP contribution is 2.32. The van der Waals surface area contributed by atoms with Gasteiger partial charge in [-0.2, -0.15) is 0 Å². The van der Waals surface area contributed by atoms with Crippen molar-refractivity contribution < 1.29 is 9.90 Å². The fraction of sp³-hybridized carbons (Fsp3) is 0.368. The van der Waals surface area contributed by atoms with Gasteiger partial charge in [-0.1, -0.05) is 42.6 Å². The zero-order chi connectivity index (χ0) is 17.0. The Labute approximate surface area is 146 Å². The van der Waals surface area contributed by atoms with Crippen LogP contribution in [0.4, 0.5) is 0 Å². The van der Waals surface area contributed by atoms with Crippen LogP contribution in [0.2, 0.25) is 5.02 Å². The number of amides is 1. The lowest BCUT2D eigenvalue weighted by atomic mass is 9.96. The zero-order valence-corrected chi connectivity index (χ0v) is 14.2. The van der Waals surface area contributed by atoms with Crippen molar-refractivity contribution >= 4 is 17.5 Å². The fourth-order valence-electron chi connectivity index (χ4n) is 3.28. The van der Waals surface area contributed by atoms with E-state index in [9.17, 15) is 9.90 Å². The van der Waals surface area contributed by atoms with E-state index >= 15 is 0 Å². The van der Waals surface area contributed by atoms with E-state index in [0.717, 1.165) is 24.1 Å². The summed E-state index contributed by atoms with van der Waals surface area (Å²) in [4.78, 5) is 16.9. The van der Waals surface area contributed by atoms with E-state index in [1.807, 2.05) is 36.4 Å². The Bertz CT molecular complexity index is 700. The van der Waals surface area contributed by atoms with Crippen LogP contribution in [0.5, 0.6) is 0 Å².